The number of aliphatic hydroxyl groups is 1. The van der Waals surface area contributed by atoms with Crippen LogP contribution in [0, 0.1) is 20.8 Å². The van der Waals surface area contributed by atoms with E-state index in [0.717, 1.165) is 28.4 Å². The zero-order valence-corrected chi connectivity index (χ0v) is 11.3. The van der Waals surface area contributed by atoms with Gasteiger partial charge in [-0.2, -0.15) is 0 Å². The van der Waals surface area contributed by atoms with Gasteiger partial charge in [0.2, 0.25) is 0 Å². The average Bonchev–Trinajstić information content (AvgIpc) is 2.64. The lowest BCUT2D eigenvalue weighted by Crippen LogP contribution is -2.03. The van der Waals surface area contributed by atoms with Crippen LogP contribution in [0.4, 0.5) is 0 Å². The molecule has 0 amide bonds. The molecular weight excluding hydrogens is 226 g/mol. The van der Waals surface area contributed by atoms with E-state index in [1.165, 1.54) is 5.56 Å². The number of aliphatic hydroxyl groups excluding tert-OH is 1. The SMILES string of the molecule is COc1ccc(C)cc1-n1c(C)cc(CO)c1C. The van der Waals surface area contributed by atoms with Crippen LogP contribution in [0.3, 0.4) is 0 Å². The van der Waals surface area contributed by atoms with Crippen LogP contribution in [0.1, 0.15) is 22.5 Å². The number of rotatable bonds is 3. The molecule has 0 unspecified atom stereocenters. The Balaban J connectivity index is 2.68. The van der Waals surface area contributed by atoms with Gasteiger partial charge in [0.25, 0.3) is 0 Å². The van der Waals surface area contributed by atoms with E-state index < -0.39 is 0 Å². The Morgan fingerprint density at radius 3 is 2.44 bits per heavy atom. The van der Waals surface area contributed by atoms with Crippen LogP contribution >= 0.6 is 0 Å². The van der Waals surface area contributed by atoms with Crippen LogP contribution in [0.2, 0.25) is 0 Å². The number of benzene rings is 1. The average molecular weight is 245 g/mol. The van der Waals surface area contributed by atoms with Crippen molar-refractivity contribution in [2.45, 2.75) is 27.4 Å². The lowest BCUT2D eigenvalue weighted by Gasteiger charge is -2.14. The highest BCUT2D eigenvalue weighted by molar-refractivity contribution is 5.52. The quantitative estimate of drug-likeness (QED) is 0.902. The molecule has 0 aliphatic carbocycles. The highest BCUT2D eigenvalue weighted by atomic mass is 16.5. The Hall–Kier alpha value is -1.74. The van der Waals surface area contributed by atoms with E-state index in [9.17, 15) is 5.11 Å². The third-order valence-corrected chi connectivity index (χ3v) is 3.28. The third-order valence-electron chi connectivity index (χ3n) is 3.28. The van der Waals surface area contributed by atoms with Crippen molar-refractivity contribution in [2.24, 2.45) is 0 Å². The van der Waals surface area contributed by atoms with Gasteiger partial charge in [-0.25, -0.2) is 0 Å². The van der Waals surface area contributed by atoms with E-state index in [4.69, 9.17) is 4.74 Å². The van der Waals surface area contributed by atoms with Crippen molar-refractivity contribution in [2.75, 3.05) is 7.11 Å². The highest BCUT2D eigenvalue weighted by Gasteiger charge is 2.13. The molecule has 1 aromatic carbocycles. The first-order valence-electron chi connectivity index (χ1n) is 6.02. The Morgan fingerprint density at radius 2 is 1.89 bits per heavy atom. The van der Waals surface area contributed by atoms with Gasteiger partial charge >= 0.3 is 0 Å². The Kier molecular flexibility index (Phi) is 3.43. The summed E-state index contributed by atoms with van der Waals surface area (Å²) >= 11 is 0. The number of hydrogen-bond donors (Lipinski definition) is 1. The van der Waals surface area contributed by atoms with Gasteiger partial charge in [-0.05, 0) is 50.1 Å². The lowest BCUT2D eigenvalue weighted by atomic mass is 10.2. The zero-order chi connectivity index (χ0) is 13.3. The summed E-state index contributed by atoms with van der Waals surface area (Å²) in [7, 11) is 1.68. The first kappa shape index (κ1) is 12.7. The van der Waals surface area contributed by atoms with Gasteiger partial charge < -0.3 is 14.4 Å². The molecular formula is C15H19NO2. The maximum Gasteiger partial charge on any atom is 0.142 e. The second kappa shape index (κ2) is 4.86. The molecule has 18 heavy (non-hydrogen) atoms. The molecule has 0 fully saturated rings. The van der Waals surface area contributed by atoms with Crippen LogP contribution in [0.5, 0.6) is 5.75 Å². The third kappa shape index (κ3) is 2.02. The molecule has 0 saturated heterocycles. The van der Waals surface area contributed by atoms with Crippen molar-refractivity contribution < 1.29 is 9.84 Å². The van der Waals surface area contributed by atoms with E-state index in [0.29, 0.717) is 0 Å². The minimum Gasteiger partial charge on any atom is -0.495 e. The summed E-state index contributed by atoms with van der Waals surface area (Å²) in [4.78, 5) is 0. The molecule has 1 N–H and O–H groups in total. The van der Waals surface area contributed by atoms with Crippen LogP contribution < -0.4 is 4.74 Å². The zero-order valence-electron chi connectivity index (χ0n) is 11.3. The van der Waals surface area contributed by atoms with E-state index in [-0.39, 0.29) is 6.61 Å². The molecule has 3 heteroatoms. The van der Waals surface area contributed by atoms with Gasteiger partial charge in [0.15, 0.2) is 0 Å². The van der Waals surface area contributed by atoms with E-state index in [1.54, 1.807) is 7.11 Å². The summed E-state index contributed by atoms with van der Waals surface area (Å²) in [6.45, 7) is 6.17. The minimum atomic E-state index is 0.0633. The maximum absolute atomic E-state index is 9.34. The van der Waals surface area contributed by atoms with Gasteiger partial charge in [0.05, 0.1) is 19.4 Å². The number of methoxy groups -OCH3 is 1. The molecule has 0 saturated carbocycles. The summed E-state index contributed by atoms with van der Waals surface area (Å²) in [6.07, 6.45) is 0. The summed E-state index contributed by atoms with van der Waals surface area (Å²) in [5.41, 5.74) is 5.31. The summed E-state index contributed by atoms with van der Waals surface area (Å²) in [5, 5.41) is 9.34. The molecule has 3 nitrogen and oxygen atoms in total. The molecule has 0 bridgehead atoms. The normalized spacial score (nSPS) is 10.7. The summed E-state index contributed by atoms with van der Waals surface area (Å²) < 4.78 is 7.55. The van der Waals surface area contributed by atoms with Crippen molar-refractivity contribution >= 4 is 0 Å². The fourth-order valence-electron chi connectivity index (χ4n) is 2.33. The number of ether oxygens (including phenoxy) is 1. The monoisotopic (exact) mass is 245 g/mol. The standard InChI is InChI=1S/C15H19NO2/c1-10-5-6-15(18-4)14(7-10)16-11(2)8-13(9-17)12(16)3/h5-8,17H,9H2,1-4H3. The lowest BCUT2D eigenvalue weighted by molar-refractivity contribution is 0.281. The molecule has 2 aromatic rings. The second-order valence-corrected chi connectivity index (χ2v) is 4.57. The van der Waals surface area contributed by atoms with Crippen molar-refractivity contribution in [3.8, 4) is 11.4 Å². The van der Waals surface area contributed by atoms with E-state index in [1.807, 2.05) is 32.0 Å². The van der Waals surface area contributed by atoms with Gasteiger partial charge in [-0.1, -0.05) is 6.07 Å². The van der Waals surface area contributed by atoms with Crippen molar-refractivity contribution in [3.05, 3.63) is 46.8 Å². The van der Waals surface area contributed by atoms with Crippen LogP contribution in [-0.4, -0.2) is 16.8 Å². The molecule has 0 aliphatic rings. The molecule has 96 valence electrons. The Labute approximate surface area is 108 Å². The smallest absolute Gasteiger partial charge is 0.142 e. The number of aromatic nitrogens is 1. The first-order valence-corrected chi connectivity index (χ1v) is 6.02. The Morgan fingerprint density at radius 1 is 1.17 bits per heavy atom. The molecule has 0 radical (unpaired) electrons. The largest absolute Gasteiger partial charge is 0.495 e. The molecule has 0 aliphatic heterocycles. The van der Waals surface area contributed by atoms with Gasteiger partial charge in [0.1, 0.15) is 5.75 Å². The van der Waals surface area contributed by atoms with Crippen LogP contribution in [0.15, 0.2) is 24.3 Å². The van der Waals surface area contributed by atoms with Crippen LogP contribution in [0.25, 0.3) is 5.69 Å². The number of aryl methyl sites for hydroxylation is 2. The minimum absolute atomic E-state index is 0.0633. The highest BCUT2D eigenvalue weighted by Crippen LogP contribution is 2.28. The fraction of sp³-hybridized carbons (Fsp3) is 0.333. The predicted molar refractivity (Wildman–Crippen MR) is 72.5 cm³/mol. The topological polar surface area (TPSA) is 34.4 Å². The van der Waals surface area contributed by atoms with Crippen molar-refractivity contribution in [1.29, 1.82) is 0 Å². The van der Waals surface area contributed by atoms with E-state index >= 15 is 0 Å². The van der Waals surface area contributed by atoms with Gasteiger partial charge in [0, 0.05) is 11.4 Å². The maximum atomic E-state index is 9.34. The van der Waals surface area contributed by atoms with Gasteiger partial charge in [-0.15, -0.1) is 0 Å². The van der Waals surface area contributed by atoms with Gasteiger partial charge in [-0.3, -0.25) is 0 Å². The summed E-state index contributed by atoms with van der Waals surface area (Å²) in [6, 6.07) is 8.11. The second-order valence-electron chi connectivity index (χ2n) is 4.57. The Bertz CT molecular complexity index is 570. The molecule has 0 spiro atoms. The molecule has 1 aromatic heterocycles. The predicted octanol–water partition coefficient (Wildman–Crippen LogP) is 2.90. The number of nitrogens with zero attached hydrogens (tertiary/aromatic N) is 1. The van der Waals surface area contributed by atoms with Crippen molar-refractivity contribution in [3.63, 3.8) is 0 Å². The fourth-order valence-corrected chi connectivity index (χ4v) is 2.33. The van der Waals surface area contributed by atoms with Crippen LogP contribution in [-0.2, 0) is 6.61 Å². The number of hydrogen-bond acceptors (Lipinski definition) is 2. The molecule has 0 atom stereocenters. The first-order chi connectivity index (χ1) is 8.58. The van der Waals surface area contributed by atoms with E-state index in [2.05, 4.69) is 17.6 Å². The molecule has 1 heterocycles. The molecule has 2 rings (SSSR count). The van der Waals surface area contributed by atoms with Crippen molar-refractivity contribution in [1.82, 2.24) is 4.57 Å². The summed E-state index contributed by atoms with van der Waals surface area (Å²) in [5.74, 6) is 0.840.